The fraction of sp³-hybridized carbons (Fsp3) is 0.455. The van der Waals surface area contributed by atoms with Gasteiger partial charge in [-0.1, -0.05) is 0 Å². The van der Waals surface area contributed by atoms with E-state index in [-0.39, 0.29) is 5.56 Å². The van der Waals surface area contributed by atoms with E-state index in [0.717, 1.165) is 62.0 Å². The summed E-state index contributed by atoms with van der Waals surface area (Å²) in [5.74, 6) is 0.698. The molecule has 0 N–H and O–H groups in total. The first-order valence-electron chi connectivity index (χ1n) is 10.6. The molecule has 1 saturated carbocycles. The van der Waals surface area contributed by atoms with Crippen molar-refractivity contribution in [2.45, 2.75) is 31.9 Å². The second-order valence-electron chi connectivity index (χ2n) is 8.14. The fourth-order valence-electron chi connectivity index (χ4n) is 3.97. The first kappa shape index (κ1) is 19.0. The number of piperazine rings is 1. The summed E-state index contributed by atoms with van der Waals surface area (Å²) in [6.07, 6.45) is 7.10. The highest BCUT2D eigenvalue weighted by Gasteiger charge is 2.22. The predicted molar refractivity (Wildman–Crippen MR) is 115 cm³/mol. The van der Waals surface area contributed by atoms with Crippen LogP contribution in [0.2, 0.25) is 0 Å². The van der Waals surface area contributed by atoms with Gasteiger partial charge < -0.3 is 9.64 Å². The van der Waals surface area contributed by atoms with E-state index in [1.807, 2.05) is 0 Å². The Balaban J connectivity index is 1.27. The molecule has 0 amide bonds. The average molecular weight is 406 g/mol. The molecule has 1 aliphatic heterocycles. The minimum absolute atomic E-state index is 0.0653. The summed E-state index contributed by atoms with van der Waals surface area (Å²) in [4.78, 5) is 25.3. The van der Waals surface area contributed by atoms with Crippen molar-refractivity contribution in [1.29, 1.82) is 0 Å². The van der Waals surface area contributed by atoms with Gasteiger partial charge >= 0.3 is 0 Å². The third kappa shape index (κ3) is 3.87. The van der Waals surface area contributed by atoms with Gasteiger partial charge in [0.05, 0.1) is 17.1 Å². The zero-order chi connectivity index (χ0) is 20.5. The molecule has 8 heteroatoms. The van der Waals surface area contributed by atoms with Gasteiger partial charge in [-0.2, -0.15) is 5.10 Å². The van der Waals surface area contributed by atoms with Crippen LogP contribution in [0.4, 0.5) is 5.69 Å². The van der Waals surface area contributed by atoms with Crippen LogP contribution in [0, 0.1) is 0 Å². The van der Waals surface area contributed by atoms with Crippen LogP contribution in [-0.2, 0) is 13.6 Å². The van der Waals surface area contributed by atoms with Crippen molar-refractivity contribution in [2.24, 2.45) is 7.05 Å². The number of rotatable bonds is 5. The Morgan fingerprint density at radius 1 is 1.10 bits per heavy atom. The first-order valence-corrected chi connectivity index (χ1v) is 10.6. The summed E-state index contributed by atoms with van der Waals surface area (Å²) in [5.41, 5.74) is 2.99. The number of hydrogen-bond donors (Lipinski definition) is 0. The maximum absolute atomic E-state index is 11.8. The minimum atomic E-state index is -0.0653. The molecule has 3 heterocycles. The second-order valence-corrected chi connectivity index (χ2v) is 8.14. The van der Waals surface area contributed by atoms with E-state index in [4.69, 9.17) is 4.74 Å². The molecular formula is C22H26N6O2. The number of ether oxygens (including phenoxy) is 1. The van der Waals surface area contributed by atoms with E-state index in [0.29, 0.717) is 12.0 Å². The summed E-state index contributed by atoms with van der Waals surface area (Å²) >= 11 is 0. The van der Waals surface area contributed by atoms with Crippen LogP contribution in [0.3, 0.4) is 0 Å². The maximum atomic E-state index is 11.8. The molecule has 0 atom stereocenters. The van der Waals surface area contributed by atoms with Crippen molar-refractivity contribution in [3.05, 3.63) is 52.7 Å². The normalized spacial score (nSPS) is 17.8. The number of nitrogens with zero attached hydrogens (tertiary/aromatic N) is 6. The van der Waals surface area contributed by atoms with Crippen LogP contribution < -0.4 is 15.2 Å². The molecule has 0 radical (unpaired) electrons. The van der Waals surface area contributed by atoms with Gasteiger partial charge in [0.15, 0.2) is 0 Å². The Morgan fingerprint density at radius 2 is 1.93 bits per heavy atom. The van der Waals surface area contributed by atoms with Gasteiger partial charge in [0, 0.05) is 51.5 Å². The van der Waals surface area contributed by atoms with E-state index in [2.05, 4.69) is 43.1 Å². The summed E-state index contributed by atoms with van der Waals surface area (Å²) < 4.78 is 7.45. The monoisotopic (exact) mass is 406 g/mol. The van der Waals surface area contributed by atoms with Gasteiger partial charge in [-0.15, -0.1) is 0 Å². The topological polar surface area (TPSA) is 76.4 Å². The molecule has 5 rings (SSSR count). The molecule has 0 spiro atoms. The third-order valence-electron chi connectivity index (χ3n) is 6.08. The Labute approximate surface area is 175 Å². The lowest BCUT2D eigenvalue weighted by Gasteiger charge is -2.36. The fourth-order valence-corrected chi connectivity index (χ4v) is 3.97. The van der Waals surface area contributed by atoms with E-state index in [9.17, 15) is 4.79 Å². The average Bonchev–Trinajstić information content (AvgIpc) is 2.74. The summed E-state index contributed by atoms with van der Waals surface area (Å²) in [7, 11) is 1.67. The van der Waals surface area contributed by atoms with E-state index >= 15 is 0 Å². The van der Waals surface area contributed by atoms with Crippen molar-refractivity contribution in [1.82, 2.24) is 24.6 Å². The summed E-state index contributed by atoms with van der Waals surface area (Å²) in [5, 5.41) is 5.10. The Kier molecular flexibility index (Phi) is 5.08. The van der Waals surface area contributed by atoms with Crippen molar-refractivity contribution >= 4 is 16.6 Å². The van der Waals surface area contributed by atoms with Crippen molar-refractivity contribution < 1.29 is 4.74 Å². The van der Waals surface area contributed by atoms with Crippen LogP contribution in [0.25, 0.3) is 10.9 Å². The third-order valence-corrected chi connectivity index (χ3v) is 6.08. The molecule has 3 aromatic rings. The van der Waals surface area contributed by atoms with Gasteiger partial charge in [-0.25, -0.2) is 14.6 Å². The molecule has 1 aromatic carbocycles. The summed E-state index contributed by atoms with van der Waals surface area (Å²) in [6.45, 7) is 4.47. The quantitative estimate of drug-likeness (QED) is 0.641. The van der Waals surface area contributed by atoms with Crippen molar-refractivity contribution in [2.75, 3.05) is 31.1 Å². The molecule has 1 aliphatic carbocycles. The lowest BCUT2D eigenvalue weighted by atomic mass is 9.96. The van der Waals surface area contributed by atoms with Crippen LogP contribution in [0.5, 0.6) is 5.88 Å². The number of hydrogen-bond acceptors (Lipinski definition) is 7. The van der Waals surface area contributed by atoms with Crippen molar-refractivity contribution in [3.8, 4) is 5.88 Å². The molecule has 1 saturated heterocycles. The van der Waals surface area contributed by atoms with Crippen LogP contribution >= 0.6 is 0 Å². The molecule has 0 unspecified atom stereocenters. The molecule has 2 aliphatic rings. The van der Waals surface area contributed by atoms with Gasteiger partial charge in [0.25, 0.3) is 5.56 Å². The highest BCUT2D eigenvalue weighted by Crippen LogP contribution is 2.31. The zero-order valence-electron chi connectivity index (χ0n) is 17.2. The lowest BCUT2D eigenvalue weighted by molar-refractivity contribution is 0.116. The largest absolute Gasteiger partial charge is 0.474 e. The van der Waals surface area contributed by atoms with Gasteiger partial charge in [0.1, 0.15) is 12.4 Å². The van der Waals surface area contributed by atoms with Gasteiger partial charge in [-0.3, -0.25) is 9.69 Å². The molecule has 0 bridgehead atoms. The number of aryl methyl sites for hydroxylation is 1. The standard InChI is InChI=1S/C22H26N6O2/c1-26-21(29)11-16(13-25-26)14-27-7-9-28(10-8-27)17-5-6-20-19(12-17)22(24-15-23-20)30-18-3-2-4-18/h5-6,11-13,15,18H,2-4,7-10,14H2,1H3. The molecule has 2 aromatic heterocycles. The van der Waals surface area contributed by atoms with Gasteiger partial charge in [0.2, 0.25) is 5.88 Å². The minimum Gasteiger partial charge on any atom is -0.474 e. The Hall–Kier alpha value is -3.00. The van der Waals surface area contributed by atoms with Crippen LogP contribution in [0.1, 0.15) is 24.8 Å². The molecule has 2 fully saturated rings. The molecule has 30 heavy (non-hydrogen) atoms. The number of fused-ring (bicyclic) bond motifs is 1. The van der Waals surface area contributed by atoms with Gasteiger partial charge in [-0.05, 0) is 43.0 Å². The maximum Gasteiger partial charge on any atom is 0.266 e. The number of benzene rings is 1. The zero-order valence-corrected chi connectivity index (χ0v) is 17.2. The predicted octanol–water partition coefficient (Wildman–Crippen LogP) is 1.98. The first-order chi connectivity index (χ1) is 14.7. The van der Waals surface area contributed by atoms with E-state index < -0.39 is 0 Å². The van der Waals surface area contributed by atoms with Crippen molar-refractivity contribution in [3.63, 3.8) is 0 Å². The molecule has 8 nitrogen and oxygen atoms in total. The SMILES string of the molecule is Cn1ncc(CN2CCN(c3ccc4ncnc(OC5CCC5)c4c3)CC2)cc1=O. The Bertz CT molecular complexity index is 1100. The molecule has 156 valence electrons. The van der Waals surface area contributed by atoms with Crippen LogP contribution in [0.15, 0.2) is 41.6 Å². The van der Waals surface area contributed by atoms with Crippen LogP contribution in [-0.4, -0.2) is 56.9 Å². The number of aromatic nitrogens is 4. The lowest BCUT2D eigenvalue weighted by Crippen LogP contribution is -2.46. The molecular weight excluding hydrogens is 380 g/mol. The Morgan fingerprint density at radius 3 is 2.67 bits per heavy atom. The highest BCUT2D eigenvalue weighted by molar-refractivity contribution is 5.86. The van der Waals surface area contributed by atoms with E-state index in [1.54, 1.807) is 25.6 Å². The smallest absolute Gasteiger partial charge is 0.266 e. The summed E-state index contributed by atoms with van der Waals surface area (Å²) in [6, 6.07) is 8.01. The second kappa shape index (κ2) is 8.02. The van der Waals surface area contributed by atoms with E-state index in [1.165, 1.54) is 16.8 Å². The highest BCUT2D eigenvalue weighted by atomic mass is 16.5. The number of anilines is 1.